The zero-order chi connectivity index (χ0) is 18.0. The monoisotopic (exact) mass is 350 g/mol. The summed E-state index contributed by atoms with van der Waals surface area (Å²) in [4.78, 5) is 16.3. The summed E-state index contributed by atoms with van der Waals surface area (Å²) in [7, 11) is -3.68. The summed E-state index contributed by atoms with van der Waals surface area (Å²) in [5.41, 5.74) is 0.983. The fourth-order valence-electron chi connectivity index (χ4n) is 2.64. The van der Waals surface area contributed by atoms with E-state index in [0.29, 0.717) is 31.4 Å². The predicted molar refractivity (Wildman–Crippen MR) is 92.6 cm³/mol. The number of nitrogens with zero attached hydrogens (tertiary/aromatic N) is 1. The molecule has 0 saturated carbocycles. The minimum atomic E-state index is -3.68. The number of carbonyl (C=O) groups excluding carboxylic acids is 1. The van der Waals surface area contributed by atoms with Gasteiger partial charge in [0.2, 0.25) is 10.0 Å². The SMILES string of the molecule is CC1(C)CC(=O)C(C=NCCc2ccc(S(N)(=O)=O)cc2)=C(O)C1. The van der Waals surface area contributed by atoms with Gasteiger partial charge in [-0.25, -0.2) is 13.6 Å². The second kappa shape index (κ2) is 6.86. The number of hydrogen-bond donors (Lipinski definition) is 2. The van der Waals surface area contributed by atoms with Crippen LogP contribution in [0.1, 0.15) is 32.3 Å². The van der Waals surface area contributed by atoms with Crippen LogP contribution < -0.4 is 5.14 Å². The Kier molecular flexibility index (Phi) is 5.25. The number of nitrogens with two attached hydrogens (primary N) is 1. The van der Waals surface area contributed by atoms with E-state index in [1.54, 1.807) is 12.1 Å². The number of Topliss-reactive ketones (excluding diaryl/α,β-unsaturated/α-hetero) is 1. The highest BCUT2D eigenvalue weighted by Gasteiger charge is 2.32. The van der Waals surface area contributed by atoms with E-state index in [0.717, 1.165) is 5.56 Å². The lowest BCUT2D eigenvalue weighted by Crippen LogP contribution is -2.26. The average molecular weight is 350 g/mol. The van der Waals surface area contributed by atoms with Crippen molar-refractivity contribution in [3.05, 3.63) is 41.2 Å². The summed E-state index contributed by atoms with van der Waals surface area (Å²) in [6, 6.07) is 6.27. The van der Waals surface area contributed by atoms with Gasteiger partial charge in [-0.3, -0.25) is 9.79 Å². The molecule has 1 aliphatic carbocycles. The molecule has 0 aliphatic heterocycles. The molecule has 0 radical (unpaired) electrons. The lowest BCUT2D eigenvalue weighted by molar-refractivity contribution is -0.117. The van der Waals surface area contributed by atoms with Crippen LogP contribution in [-0.4, -0.2) is 32.1 Å². The first-order valence-electron chi connectivity index (χ1n) is 7.65. The molecule has 0 amide bonds. The molecule has 1 aromatic rings. The molecule has 7 heteroatoms. The van der Waals surface area contributed by atoms with Crippen LogP contribution in [0.15, 0.2) is 45.5 Å². The third-order valence-electron chi connectivity index (χ3n) is 3.90. The molecule has 0 unspecified atom stereocenters. The first-order valence-corrected chi connectivity index (χ1v) is 9.20. The van der Waals surface area contributed by atoms with Crippen molar-refractivity contribution in [3.8, 4) is 0 Å². The Morgan fingerprint density at radius 1 is 1.25 bits per heavy atom. The van der Waals surface area contributed by atoms with E-state index in [4.69, 9.17) is 5.14 Å². The highest BCUT2D eigenvalue weighted by Crippen LogP contribution is 2.35. The number of aliphatic hydroxyl groups excluding tert-OH is 1. The second-order valence-electron chi connectivity index (χ2n) is 6.78. The first kappa shape index (κ1) is 18.4. The molecule has 24 heavy (non-hydrogen) atoms. The molecule has 1 aromatic carbocycles. The average Bonchev–Trinajstić information content (AvgIpc) is 2.44. The Morgan fingerprint density at radius 3 is 2.42 bits per heavy atom. The van der Waals surface area contributed by atoms with E-state index in [1.165, 1.54) is 18.3 Å². The van der Waals surface area contributed by atoms with Crippen LogP contribution in [-0.2, 0) is 21.2 Å². The zero-order valence-corrected chi connectivity index (χ0v) is 14.6. The number of aliphatic hydroxyl groups is 1. The summed E-state index contributed by atoms with van der Waals surface area (Å²) < 4.78 is 22.4. The highest BCUT2D eigenvalue weighted by molar-refractivity contribution is 7.89. The fourth-order valence-corrected chi connectivity index (χ4v) is 3.16. The first-order chi connectivity index (χ1) is 11.1. The summed E-state index contributed by atoms with van der Waals surface area (Å²) >= 11 is 0. The largest absolute Gasteiger partial charge is 0.511 e. The minimum absolute atomic E-state index is 0.0697. The highest BCUT2D eigenvalue weighted by atomic mass is 32.2. The van der Waals surface area contributed by atoms with Gasteiger partial charge < -0.3 is 5.11 Å². The molecular weight excluding hydrogens is 328 g/mol. The Balaban J connectivity index is 1.97. The van der Waals surface area contributed by atoms with Crippen LogP contribution in [0.4, 0.5) is 0 Å². The summed E-state index contributed by atoms with van der Waals surface area (Å²) in [5.74, 6) is 0.00232. The van der Waals surface area contributed by atoms with Crippen LogP contribution in [0, 0.1) is 5.41 Å². The van der Waals surface area contributed by atoms with Gasteiger partial charge in [0.05, 0.1) is 10.5 Å². The van der Waals surface area contributed by atoms with Crippen LogP contribution in [0.5, 0.6) is 0 Å². The standard InChI is InChI=1S/C17H22N2O4S/c1-17(2)9-15(20)14(16(21)10-17)11-19-8-7-12-3-5-13(6-4-12)24(18,22)23/h3-6,11,20H,7-10H2,1-2H3,(H2,18,22,23). The lowest BCUT2D eigenvalue weighted by Gasteiger charge is -2.28. The Hall–Kier alpha value is -1.99. The molecule has 1 aliphatic rings. The summed E-state index contributed by atoms with van der Waals surface area (Å²) in [6.07, 6.45) is 2.89. The van der Waals surface area contributed by atoms with Gasteiger partial charge in [0.25, 0.3) is 0 Å². The Bertz CT molecular complexity index is 790. The number of ketones is 1. The maximum atomic E-state index is 12.0. The van der Waals surface area contributed by atoms with E-state index in [-0.39, 0.29) is 21.9 Å². The molecule has 0 heterocycles. The van der Waals surface area contributed by atoms with E-state index in [2.05, 4.69) is 4.99 Å². The molecule has 130 valence electrons. The van der Waals surface area contributed by atoms with Gasteiger partial charge in [0, 0.05) is 25.6 Å². The van der Waals surface area contributed by atoms with Crippen LogP contribution >= 0.6 is 0 Å². The molecule has 3 N–H and O–H groups in total. The van der Waals surface area contributed by atoms with Gasteiger partial charge >= 0.3 is 0 Å². The van der Waals surface area contributed by atoms with Gasteiger partial charge in [-0.15, -0.1) is 0 Å². The van der Waals surface area contributed by atoms with E-state index < -0.39 is 10.0 Å². The molecule has 0 atom stereocenters. The van der Waals surface area contributed by atoms with Gasteiger partial charge in [-0.2, -0.15) is 0 Å². The van der Waals surface area contributed by atoms with Crippen LogP contribution in [0.2, 0.25) is 0 Å². The van der Waals surface area contributed by atoms with Crippen molar-refractivity contribution in [2.24, 2.45) is 15.5 Å². The van der Waals surface area contributed by atoms with Crippen molar-refractivity contribution >= 4 is 22.0 Å². The molecule has 0 fully saturated rings. The summed E-state index contributed by atoms with van der Waals surface area (Å²) in [6.45, 7) is 4.32. The number of carbonyl (C=O) groups is 1. The number of allylic oxidation sites excluding steroid dienone is 2. The van der Waals surface area contributed by atoms with Gasteiger partial charge in [0.1, 0.15) is 5.76 Å². The van der Waals surface area contributed by atoms with Crippen molar-refractivity contribution in [2.45, 2.75) is 38.0 Å². The quantitative estimate of drug-likeness (QED) is 0.793. The zero-order valence-electron chi connectivity index (χ0n) is 13.8. The smallest absolute Gasteiger partial charge is 0.238 e. The lowest BCUT2D eigenvalue weighted by atomic mass is 9.77. The Labute approximate surface area is 142 Å². The minimum Gasteiger partial charge on any atom is -0.511 e. The van der Waals surface area contributed by atoms with Crippen molar-refractivity contribution in [3.63, 3.8) is 0 Å². The molecule has 0 spiro atoms. The second-order valence-corrected chi connectivity index (χ2v) is 8.34. The van der Waals surface area contributed by atoms with E-state index in [9.17, 15) is 18.3 Å². The number of sulfonamides is 1. The third kappa shape index (κ3) is 4.75. The van der Waals surface area contributed by atoms with Gasteiger partial charge in [-0.1, -0.05) is 26.0 Å². The third-order valence-corrected chi connectivity index (χ3v) is 4.83. The van der Waals surface area contributed by atoms with Gasteiger partial charge in [-0.05, 0) is 29.5 Å². The van der Waals surface area contributed by atoms with E-state index >= 15 is 0 Å². The number of benzene rings is 1. The molecular formula is C17H22N2O4S. The number of rotatable bonds is 5. The number of hydrogen-bond acceptors (Lipinski definition) is 5. The Morgan fingerprint density at radius 2 is 1.88 bits per heavy atom. The van der Waals surface area contributed by atoms with Crippen LogP contribution in [0.3, 0.4) is 0 Å². The fraction of sp³-hybridized carbons (Fsp3) is 0.412. The number of aliphatic imine (C=N–C) groups is 1. The molecule has 0 bridgehead atoms. The van der Waals surface area contributed by atoms with Gasteiger partial charge in [0.15, 0.2) is 5.78 Å². The summed E-state index contributed by atoms with van der Waals surface area (Å²) in [5, 5.41) is 15.0. The molecule has 0 aromatic heterocycles. The number of primary sulfonamides is 1. The van der Waals surface area contributed by atoms with Crippen LogP contribution in [0.25, 0.3) is 0 Å². The maximum absolute atomic E-state index is 12.0. The maximum Gasteiger partial charge on any atom is 0.238 e. The van der Waals surface area contributed by atoms with Crippen molar-refractivity contribution in [1.82, 2.24) is 0 Å². The normalized spacial score (nSPS) is 18.4. The van der Waals surface area contributed by atoms with E-state index in [1.807, 2.05) is 13.8 Å². The molecule has 0 saturated heterocycles. The van der Waals surface area contributed by atoms with Crippen molar-refractivity contribution in [1.29, 1.82) is 0 Å². The van der Waals surface area contributed by atoms with Crippen molar-refractivity contribution in [2.75, 3.05) is 6.54 Å². The topological polar surface area (TPSA) is 110 Å². The molecule has 6 nitrogen and oxygen atoms in total. The predicted octanol–water partition coefficient (Wildman–Crippen LogP) is 2.15. The van der Waals surface area contributed by atoms with Crippen molar-refractivity contribution < 1.29 is 18.3 Å². The molecule has 2 rings (SSSR count).